The lowest BCUT2D eigenvalue weighted by atomic mass is 10.1. The first-order valence-corrected chi connectivity index (χ1v) is 7.56. The highest BCUT2D eigenvalue weighted by atomic mass is 35.5. The van der Waals surface area contributed by atoms with Crippen molar-refractivity contribution >= 4 is 22.9 Å². The van der Waals surface area contributed by atoms with E-state index in [0.29, 0.717) is 0 Å². The van der Waals surface area contributed by atoms with Gasteiger partial charge in [0.2, 0.25) is 0 Å². The van der Waals surface area contributed by atoms with Crippen LogP contribution in [0.25, 0.3) is 0 Å². The van der Waals surface area contributed by atoms with Crippen molar-refractivity contribution in [2.75, 3.05) is 6.54 Å². The Morgan fingerprint density at radius 1 is 1.32 bits per heavy atom. The van der Waals surface area contributed by atoms with E-state index in [4.69, 9.17) is 11.6 Å². The zero-order valence-corrected chi connectivity index (χ0v) is 12.6. The molecule has 0 aliphatic heterocycles. The van der Waals surface area contributed by atoms with Gasteiger partial charge in [-0.15, -0.1) is 11.3 Å². The molecule has 0 amide bonds. The van der Waals surface area contributed by atoms with E-state index >= 15 is 0 Å². The standard InChI is InChI=1S/C15H17ClFNS/c1-3-8-18-15(14-7-4-10(2)19-14)11-5-6-13(17)12(16)9-11/h4-7,9,15,18H,3,8H2,1-2H3. The van der Waals surface area contributed by atoms with E-state index < -0.39 is 0 Å². The van der Waals surface area contributed by atoms with E-state index in [1.165, 1.54) is 15.8 Å². The molecule has 4 heteroatoms. The largest absolute Gasteiger partial charge is 0.306 e. The van der Waals surface area contributed by atoms with Gasteiger partial charge in [0.1, 0.15) is 5.82 Å². The number of benzene rings is 1. The summed E-state index contributed by atoms with van der Waals surface area (Å²) in [6.45, 7) is 5.13. The third kappa shape index (κ3) is 3.56. The lowest BCUT2D eigenvalue weighted by molar-refractivity contribution is 0.599. The molecule has 1 atom stereocenters. The summed E-state index contributed by atoms with van der Waals surface area (Å²) < 4.78 is 13.3. The Hall–Kier alpha value is -0.900. The van der Waals surface area contributed by atoms with Gasteiger partial charge in [0.25, 0.3) is 0 Å². The fraction of sp³-hybridized carbons (Fsp3) is 0.333. The van der Waals surface area contributed by atoms with Crippen molar-refractivity contribution in [2.45, 2.75) is 26.3 Å². The molecule has 1 nitrogen and oxygen atoms in total. The highest BCUT2D eigenvalue weighted by molar-refractivity contribution is 7.12. The average molecular weight is 298 g/mol. The molecule has 1 N–H and O–H groups in total. The number of nitrogens with one attached hydrogen (secondary N) is 1. The van der Waals surface area contributed by atoms with Crippen LogP contribution in [0.4, 0.5) is 4.39 Å². The van der Waals surface area contributed by atoms with Crippen LogP contribution in [0.3, 0.4) is 0 Å². The lowest BCUT2D eigenvalue weighted by Crippen LogP contribution is -2.22. The summed E-state index contributed by atoms with van der Waals surface area (Å²) in [7, 11) is 0. The average Bonchev–Trinajstić information content (AvgIpc) is 2.80. The molecule has 1 aromatic carbocycles. The van der Waals surface area contributed by atoms with Gasteiger partial charge >= 0.3 is 0 Å². The number of hydrogen-bond acceptors (Lipinski definition) is 2. The summed E-state index contributed by atoms with van der Waals surface area (Å²) >= 11 is 7.64. The van der Waals surface area contributed by atoms with Crippen LogP contribution in [0, 0.1) is 12.7 Å². The van der Waals surface area contributed by atoms with Crippen LogP contribution in [-0.4, -0.2) is 6.54 Å². The highest BCUT2D eigenvalue weighted by Gasteiger charge is 2.16. The van der Waals surface area contributed by atoms with Gasteiger partial charge in [0.05, 0.1) is 11.1 Å². The summed E-state index contributed by atoms with van der Waals surface area (Å²) in [5.74, 6) is -0.373. The van der Waals surface area contributed by atoms with Crippen molar-refractivity contribution in [3.63, 3.8) is 0 Å². The molecule has 1 aromatic heterocycles. The Morgan fingerprint density at radius 3 is 2.68 bits per heavy atom. The first kappa shape index (κ1) is 14.5. The Morgan fingerprint density at radius 2 is 2.11 bits per heavy atom. The fourth-order valence-corrected chi connectivity index (χ4v) is 3.14. The van der Waals surface area contributed by atoms with E-state index in [1.807, 2.05) is 0 Å². The summed E-state index contributed by atoms with van der Waals surface area (Å²) in [6, 6.07) is 9.23. The van der Waals surface area contributed by atoms with Crippen LogP contribution in [0.15, 0.2) is 30.3 Å². The second kappa shape index (κ2) is 6.51. The van der Waals surface area contributed by atoms with E-state index in [-0.39, 0.29) is 16.9 Å². The molecular weight excluding hydrogens is 281 g/mol. The number of halogens is 2. The number of thiophene rings is 1. The minimum absolute atomic E-state index is 0.0803. The second-order valence-corrected chi connectivity index (χ2v) is 6.24. The minimum Gasteiger partial charge on any atom is -0.306 e. The van der Waals surface area contributed by atoms with Gasteiger partial charge in [-0.2, -0.15) is 0 Å². The molecule has 2 rings (SSSR count). The molecule has 0 fully saturated rings. The molecule has 0 radical (unpaired) electrons. The molecule has 19 heavy (non-hydrogen) atoms. The van der Waals surface area contributed by atoms with E-state index in [2.05, 4.69) is 31.3 Å². The second-order valence-electron chi connectivity index (χ2n) is 4.51. The Balaban J connectivity index is 2.33. The highest BCUT2D eigenvalue weighted by Crippen LogP contribution is 2.30. The van der Waals surface area contributed by atoms with Gasteiger partial charge in [-0.3, -0.25) is 0 Å². The molecule has 0 aliphatic carbocycles. The van der Waals surface area contributed by atoms with Crippen LogP contribution in [0.2, 0.25) is 5.02 Å². The monoisotopic (exact) mass is 297 g/mol. The maximum absolute atomic E-state index is 13.3. The predicted octanol–water partition coefficient (Wildman–Crippen LogP) is 4.94. The van der Waals surface area contributed by atoms with Crippen molar-refractivity contribution in [3.05, 3.63) is 56.5 Å². The van der Waals surface area contributed by atoms with Crippen molar-refractivity contribution in [2.24, 2.45) is 0 Å². The van der Waals surface area contributed by atoms with Crippen molar-refractivity contribution in [3.8, 4) is 0 Å². The third-order valence-electron chi connectivity index (χ3n) is 2.92. The molecular formula is C15H17ClFNS. The summed E-state index contributed by atoms with van der Waals surface area (Å²) in [4.78, 5) is 2.50. The normalized spacial score (nSPS) is 12.6. The molecule has 0 spiro atoms. The van der Waals surface area contributed by atoms with Gasteiger partial charge in [-0.1, -0.05) is 24.6 Å². The molecule has 102 valence electrons. The molecule has 0 saturated carbocycles. The molecule has 0 bridgehead atoms. The minimum atomic E-state index is -0.373. The van der Waals surface area contributed by atoms with Crippen LogP contribution >= 0.6 is 22.9 Å². The SMILES string of the molecule is CCCNC(c1ccc(F)c(Cl)c1)c1ccc(C)s1. The van der Waals surface area contributed by atoms with Crippen molar-refractivity contribution in [1.82, 2.24) is 5.32 Å². The topological polar surface area (TPSA) is 12.0 Å². The van der Waals surface area contributed by atoms with Gasteiger partial charge in [0.15, 0.2) is 0 Å². The fourth-order valence-electron chi connectivity index (χ4n) is 1.97. The van der Waals surface area contributed by atoms with Crippen LogP contribution in [0.1, 0.15) is 34.7 Å². The smallest absolute Gasteiger partial charge is 0.141 e. The predicted molar refractivity (Wildman–Crippen MR) is 80.6 cm³/mol. The zero-order chi connectivity index (χ0) is 13.8. The third-order valence-corrected chi connectivity index (χ3v) is 4.28. The van der Waals surface area contributed by atoms with Gasteiger partial charge in [0, 0.05) is 9.75 Å². The summed E-state index contributed by atoms with van der Waals surface area (Å²) in [5.41, 5.74) is 1.00. The Bertz CT molecular complexity index is 553. The maximum Gasteiger partial charge on any atom is 0.141 e. The van der Waals surface area contributed by atoms with Crippen molar-refractivity contribution < 1.29 is 4.39 Å². The van der Waals surface area contributed by atoms with Crippen LogP contribution in [-0.2, 0) is 0 Å². The zero-order valence-electron chi connectivity index (χ0n) is 11.0. The van der Waals surface area contributed by atoms with Gasteiger partial charge in [-0.05, 0) is 49.7 Å². The van der Waals surface area contributed by atoms with E-state index in [0.717, 1.165) is 18.5 Å². The lowest BCUT2D eigenvalue weighted by Gasteiger charge is -2.18. The first-order chi connectivity index (χ1) is 9.11. The van der Waals surface area contributed by atoms with Gasteiger partial charge < -0.3 is 5.32 Å². The van der Waals surface area contributed by atoms with Crippen LogP contribution in [0.5, 0.6) is 0 Å². The Labute approximate surface area is 122 Å². The first-order valence-electron chi connectivity index (χ1n) is 6.36. The summed E-state index contributed by atoms with van der Waals surface area (Å²) in [5, 5.41) is 3.67. The number of aryl methyl sites for hydroxylation is 1. The maximum atomic E-state index is 13.3. The molecule has 0 aliphatic rings. The van der Waals surface area contributed by atoms with E-state index in [1.54, 1.807) is 23.5 Å². The molecule has 0 saturated heterocycles. The molecule has 1 unspecified atom stereocenters. The Kier molecular flexibility index (Phi) is 4.97. The number of hydrogen-bond donors (Lipinski definition) is 1. The molecule has 2 aromatic rings. The van der Waals surface area contributed by atoms with Gasteiger partial charge in [-0.25, -0.2) is 4.39 Å². The van der Waals surface area contributed by atoms with Crippen LogP contribution < -0.4 is 5.32 Å². The quantitative estimate of drug-likeness (QED) is 0.824. The van der Waals surface area contributed by atoms with E-state index in [9.17, 15) is 4.39 Å². The number of rotatable bonds is 5. The van der Waals surface area contributed by atoms with Crippen molar-refractivity contribution in [1.29, 1.82) is 0 Å². The molecule has 1 heterocycles. The summed E-state index contributed by atoms with van der Waals surface area (Å²) in [6.07, 6.45) is 1.05.